The van der Waals surface area contributed by atoms with Crippen LogP contribution in [0.4, 0.5) is 9.59 Å². The molecule has 0 spiro atoms. The summed E-state index contributed by atoms with van der Waals surface area (Å²) in [5, 5.41) is 1.41. The van der Waals surface area contributed by atoms with Gasteiger partial charge >= 0.3 is 12.3 Å². The molecule has 212 valence electrons. The first-order chi connectivity index (χ1) is 18.5. The summed E-state index contributed by atoms with van der Waals surface area (Å²) >= 11 is 0. The molecular formula is C32H48O6. The summed E-state index contributed by atoms with van der Waals surface area (Å²) in [6.07, 6.45) is 13.4. The van der Waals surface area contributed by atoms with Crippen LogP contribution in [0.5, 0.6) is 11.5 Å². The second kappa shape index (κ2) is 18.5. The third-order valence-electron chi connectivity index (χ3n) is 6.79. The van der Waals surface area contributed by atoms with Gasteiger partial charge in [-0.15, -0.1) is 0 Å². The number of fused-ring (bicyclic) bond motifs is 1. The number of benzene rings is 2. The zero-order chi connectivity index (χ0) is 27.6. The first-order valence-electron chi connectivity index (χ1n) is 14.8. The Hall–Kier alpha value is -2.76. The predicted octanol–water partition coefficient (Wildman–Crippen LogP) is 9.72. The van der Waals surface area contributed by atoms with Gasteiger partial charge in [0.05, 0.1) is 13.2 Å². The van der Waals surface area contributed by atoms with Crippen LogP contribution in [0.15, 0.2) is 24.3 Å². The Labute approximate surface area is 229 Å². The number of unbranched alkanes of at least 4 members (excludes halogenated alkanes) is 10. The summed E-state index contributed by atoms with van der Waals surface area (Å²) in [5.74, 6) is 0.860. The SMILES string of the molecule is CCCCCCCCOC(=O)Oc1cc(CC)c(OC(=O)OCCCCCCCC)c2ccc(CC)cc12. The summed E-state index contributed by atoms with van der Waals surface area (Å²) in [6.45, 7) is 9.10. The van der Waals surface area contributed by atoms with Crippen LogP contribution in [-0.2, 0) is 22.3 Å². The first-order valence-corrected chi connectivity index (χ1v) is 14.8. The Balaban J connectivity index is 2.07. The molecule has 0 unspecified atom stereocenters. The van der Waals surface area contributed by atoms with E-state index in [-0.39, 0.29) is 0 Å². The highest BCUT2D eigenvalue weighted by Gasteiger charge is 2.20. The van der Waals surface area contributed by atoms with Gasteiger partial charge in [-0.05, 0) is 48.9 Å². The first kappa shape index (κ1) is 31.5. The summed E-state index contributed by atoms with van der Waals surface area (Å²) < 4.78 is 22.1. The number of aryl methyl sites for hydroxylation is 2. The van der Waals surface area contributed by atoms with Gasteiger partial charge in [0.1, 0.15) is 11.5 Å². The van der Waals surface area contributed by atoms with Crippen molar-refractivity contribution in [2.45, 2.75) is 118 Å². The van der Waals surface area contributed by atoms with E-state index in [1.165, 1.54) is 38.5 Å². The molecule has 0 aliphatic carbocycles. The van der Waals surface area contributed by atoms with E-state index in [4.69, 9.17) is 18.9 Å². The van der Waals surface area contributed by atoms with Crippen molar-refractivity contribution in [3.8, 4) is 11.5 Å². The fraction of sp³-hybridized carbons (Fsp3) is 0.625. The molecule has 2 rings (SSSR count). The van der Waals surface area contributed by atoms with E-state index >= 15 is 0 Å². The molecule has 0 amide bonds. The van der Waals surface area contributed by atoms with Crippen molar-refractivity contribution < 1.29 is 28.5 Å². The van der Waals surface area contributed by atoms with Gasteiger partial charge in [-0.1, -0.05) is 104 Å². The molecule has 0 aliphatic rings. The average molecular weight is 529 g/mol. The Kier molecular flexibility index (Phi) is 15.3. The van der Waals surface area contributed by atoms with Crippen molar-refractivity contribution in [3.05, 3.63) is 35.4 Å². The minimum absolute atomic E-state index is 0.343. The zero-order valence-electron chi connectivity index (χ0n) is 24.1. The van der Waals surface area contributed by atoms with Gasteiger partial charge in [0.2, 0.25) is 0 Å². The van der Waals surface area contributed by atoms with Gasteiger partial charge in [0, 0.05) is 10.8 Å². The van der Waals surface area contributed by atoms with Crippen LogP contribution in [0.2, 0.25) is 0 Å². The second-order valence-electron chi connectivity index (χ2n) is 9.89. The van der Waals surface area contributed by atoms with Crippen molar-refractivity contribution in [2.24, 2.45) is 0 Å². The molecule has 6 nitrogen and oxygen atoms in total. The van der Waals surface area contributed by atoms with Crippen LogP contribution in [0, 0.1) is 0 Å². The van der Waals surface area contributed by atoms with Crippen molar-refractivity contribution in [3.63, 3.8) is 0 Å². The van der Waals surface area contributed by atoms with Crippen LogP contribution in [0.25, 0.3) is 10.8 Å². The number of carbonyl (C=O) groups is 2. The van der Waals surface area contributed by atoms with Gasteiger partial charge < -0.3 is 18.9 Å². The Morgan fingerprint density at radius 2 is 1.16 bits per heavy atom. The van der Waals surface area contributed by atoms with Gasteiger partial charge in [0.15, 0.2) is 0 Å². The minimum Gasteiger partial charge on any atom is -0.434 e. The molecule has 0 N–H and O–H groups in total. The number of hydrogen-bond donors (Lipinski definition) is 0. The molecular weight excluding hydrogens is 480 g/mol. The average Bonchev–Trinajstić information content (AvgIpc) is 2.92. The number of rotatable bonds is 18. The van der Waals surface area contributed by atoms with Gasteiger partial charge in [0.25, 0.3) is 0 Å². The van der Waals surface area contributed by atoms with Gasteiger partial charge in [-0.2, -0.15) is 0 Å². The molecule has 0 aliphatic heterocycles. The lowest BCUT2D eigenvalue weighted by molar-refractivity contribution is 0.0955. The van der Waals surface area contributed by atoms with E-state index in [9.17, 15) is 9.59 Å². The van der Waals surface area contributed by atoms with Gasteiger partial charge in [-0.3, -0.25) is 0 Å². The topological polar surface area (TPSA) is 71.1 Å². The normalized spacial score (nSPS) is 10.9. The number of ether oxygens (including phenoxy) is 4. The summed E-state index contributed by atoms with van der Waals surface area (Å²) in [5.41, 5.74) is 1.85. The maximum Gasteiger partial charge on any atom is 0.513 e. The van der Waals surface area contributed by atoms with Gasteiger partial charge in [-0.25, -0.2) is 9.59 Å². The van der Waals surface area contributed by atoms with E-state index in [2.05, 4.69) is 20.8 Å². The summed E-state index contributed by atoms with van der Waals surface area (Å²) in [7, 11) is 0. The van der Waals surface area contributed by atoms with Crippen molar-refractivity contribution in [1.29, 1.82) is 0 Å². The molecule has 2 aromatic rings. The molecule has 0 bridgehead atoms. The van der Waals surface area contributed by atoms with Crippen LogP contribution < -0.4 is 9.47 Å². The third-order valence-corrected chi connectivity index (χ3v) is 6.79. The lowest BCUT2D eigenvalue weighted by Crippen LogP contribution is -2.14. The Morgan fingerprint density at radius 3 is 1.71 bits per heavy atom. The molecule has 0 saturated heterocycles. The largest absolute Gasteiger partial charge is 0.513 e. The summed E-state index contributed by atoms with van der Waals surface area (Å²) in [4.78, 5) is 25.0. The maximum atomic E-state index is 12.5. The minimum atomic E-state index is -0.712. The van der Waals surface area contributed by atoms with Crippen molar-refractivity contribution in [1.82, 2.24) is 0 Å². The lowest BCUT2D eigenvalue weighted by Gasteiger charge is -2.16. The van der Waals surface area contributed by atoms with Crippen LogP contribution in [-0.4, -0.2) is 25.5 Å². The van der Waals surface area contributed by atoms with Crippen LogP contribution in [0.1, 0.15) is 116 Å². The molecule has 38 heavy (non-hydrogen) atoms. The zero-order valence-corrected chi connectivity index (χ0v) is 24.1. The molecule has 0 aromatic heterocycles. The summed E-state index contributed by atoms with van der Waals surface area (Å²) in [6, 6.07) is 7.65. The number of carbonyl (C=O) groups excluding carboxylic acids is 2. The van der Waals surface area contributed by atoms with E-state index in [1.807, 2.05) is 25.1 Å². The molecule has 0 heterocycles. The standard InChI is InChI=1S/C32H48O6/c1-5-9-11-13-15-17-21-35-31(33)37-29-24-26(8-4)30(27-20-19-25(7-3)23-28(27)29)38-32(34)36-22-18-16-14-12-10-6-2/h19-20,23-24H,5-18,21-22H2,1-4H3. The van der Waals surface area contributed by atoms with E-state index in [1.54, 1.807) is 6.07 Å². The second-order valence-corrected chi connectivity index (χ2v) is 9.89. The van der Waals surface area contributed by atoms with E-state index in [0.29, 0.717) is 41.9 Å². The molecule has 2 aromatic carbocycles. The molecule has 6 heteroatoms. The quantitative estimate of drug-likeness (QED) is 0.109. The Bertz CT molecular complexity index is 984. The van der Waals surface area contributed by atoms with Crippen molar-refractivity contribution in [2.75, 3.05) is 13.2 Å². The maximum absolute atomic E-state index is 12.5. The smallest absolute Gasteiger partial charge is 0.434 e. The monoisotopic (exact) mass is 528 g/mol. The van der Waals surface area contributed by atoms with E-state index < -0.39 is 12.3 Å². The Morgan fingerprint density at radius 1 is 0.605 bits per heavy atom. The predicted molar refractivity (Wildman–Crippen MR) is 153 cm³/mol. The third kappa shape index (κ3) is 10.9. The molecule has 0 fully saturated rings. The lowest BCUT2D eigenvalue weighted by atomic mass is 9.99. The van der Waals surface area contributed by atoms with Crippen molar-refractivity contribution >= 4 is 23.1 Å². The molecule has 0 atom stereocenters. The fourth-order valence-corrected chi connectivity index (χ4v) is 4.46. The highest BCUT2D eigenvalue weighted by molar-refractivity contribution is 5.97. The molecule has 0 saturated carbocycles. The fourth-order valence-electron chi connectivity index (χ4n) is 4.46. The van der Waals surface area contributed by atoms with Crippen LogP contribution in [0.3, 0.4) is 0 Å². The van der Waals surface area contributed by atoms with Crippen LogP contribution >= 0.6 is 0 Å². The highest BCUT2D eigenvalue weighted by Crippen LogP contribution is 2.38. The molecule has 0 radical (unpaired) electrons. The number of hydrogen-bond acceptors (Lipinski definition) is 6. The van der Waals surface area contributed by atoms with E-state index in [0.717, 1.165) is 56.1 Å². The highest BCUT2D eigenvalue weighted by atomic mass is 16.7.